The number of hydrogen-bond donors (Lipinski definition) is 1. The zero-order chi connectivity index (χ0) is 22.3. The van der Waals surface area contributed by atoms with Gasteiger partial charge in [0.15, 0.2) is 5.76 Å². The van der Waals surface area contributed by atoms with E-state index in [1.54, 1.807) is 31.0 Å². The average molecular weight is 432 g/mol. The third kappa shape index (κ3) is 4.97. The molecular weight excluding hydrogens is 408 g/mol. The largest absolute Gasteiger partial charge is 0.497 e. The van der Waals surface area contributed by atoms with Crippen LogP contribution in [0.2, 0.25) is 0 Å². The predicted molar refractivity (Wildman–Crippen MR) is 120 cm³/mol. The molecule has 8 nitrogen and oxygen atoms in total. The summed E-state index contributed by atoms with van der Waals surface area (Å²) in [5.74, 6) is 1.82. The highest BCUT2D eigenvalue weighted by molar-refractivity contribution is 5.90. The van der Waals surface area contributed by atoms with E-state index in [2.05, 4.69) is 15.4 Å². The van der Waals surface area contributed by atoms with Crippen molar-refractivity contribution in [3.63, 3.8) is 0 Å². The maximum Gasteiger partial charge on any atom is 0.336 e. The minimum Gasteiger partial charge on any atom is -0.497 e. The predicted octanol–water partition coefficient (Wildman–Crippen LogP) is 4.51. The summed E-state index contributed by atoms with van der Waals surface area (Å²) < 4.78 is 18.2. The molecule has 32 heavy (non-hydrogen) atoms. The van der Waals surface area contributed by atoms with Crippen LogP contribution in [0.15, 0.2) is 71.3 Å². The van der Waals surface area contributed by atoms with E-state index in [9.17, 15) is 4.79 Å². The first-order chi connectivity index (χ1) is 15.7. The Morgan fingerprint density at radius 3 is 2.69 bits per heavy atom. The summed E-state index contributed by atoms with van der Waals surface area (Å²) in [6.07, 6.45) is 2.68. The van der Waals surface area contributed by atoms with E-state index in [4.69, 9.17) is 13.9 Å². The molecule has 0 aliphatic carbocycles. The van der Waals surface area contributed by atoms with E-state index >= 15 is 0 Å². The lowest BCUT2D eigenvalue weighted by Crippen LogP contribution is -2.10. The summed E-state index contributed by atoms with van der Waals surface area (Å²) in [5.41, 5.74) is 2.52. The van der Waals surface area contributed by atoms with Gasteiger partial charge >= 0.3 is 6.01 Å². The summed E-state index contributed by atoms with van der Waals surface area (Å²) in [7, 11) is 1.64. The first kappa shape index (κ1) is 21.2. The van der Waals surface area contributed by atoms with Gasteiger partial charge in [-0.25, -0.2) is 4.68 Å². The SMILES string of the molecule is CCC(=O)Nc1cccc(-n2nc(OCCc3ccc(OC)cc3)nc2-c2ccco2)c1. The van der Waals surface area contributed by atoms with Gasteiger partial charge < -0.3 is 19.2 Å². The van der Waals surface area contributed by atoms with Gasteiger partial charge in [0.25, 0.3) is 0 Å². The molecule has 0 atom stereocenters. The third-order valence-corrected chi connectivity index (χ3v) is 4.81. The molecule has 4 rings (SSSR count). The number of anilines is 1. The van der Waals surface area contributed by atoms with Gasteiger partial charge in [-0.2, -0.15) is 4.98 Å². The van der Waals surface area contributed by atoms with Gasteiger partial charge in [0.1, 0.15) is 5.75 Å². The van der Waals surface area contributed by atoms with Crippen LogP contribution >= 0.6 is 0 Å². The number of nitrogens with one attached hydrogen (secondary N) is 1. The molecule has 0 radical (unpaired) electrons. The zero-order valence-corrected chi connectivity index (χ0v) is 17.9. The number of rotatable bonds is 9. The van der Waals surface area contributed by atoms with E-state index in [-0.39, 0.29) is 11.9 Å². The van der Waals surface area contributed by atoms with E-state index in [0.29, 0.717) is 36.7 Å². The summed E-state index contributed by atoms with van der Waals surface area (Å²) >= 11 is 0. The van der Waals surface area contributed by atoms with Crippen LogP contribution in [0.25, 0.3) is 17.3 Å². The molecule has 0 aliphatic heterocycles. The molecule has 0 spiro atoms. The molecule has 8 heteroatoms. The van der Waals surface area contributed by atoms with Crippen LogP contribution < -0.4 is 14.8 Å². The lowest BCUT2D eigenvalue weighted by molar-refractivity contribution is -0.115. The van der Waals surface area contributed by atoms with Crippen LogP contribution in [0.5, 0.6) is 11.8 Å². The minimum atomic E-state index is -0.0606. The van der Waals surface area contributed by atoms with Crippen molar-refractivity contribution in [2.75, 3.05) is 19.0 Å². The molecule has 164 valence electrons. The van der Waals surface area contributed by atoms with Crippen molar-refractivity contribution in [3.8, 4) is 29.0 Å². The second-order valence-electron chi connectivity index (χ2n) is 7.01. The van der Waals surface area contributed by atoms with Crippen LogP contribution in [-0.2, 0) is 11.2 Å². The van der Waals surface area contributed by atoms with Gasteiger partial charge in [-0.15, -0.1) is 5.10 Å². The Morgan fingerprint density at radius 1 is 1.12 bits per heavy atom. The molecular formula is C24H24N4O4. The quantitative estimate of drug-likeness (QED) is 0.419. The van der Waals surface area contributed by atoms with Crippen molar-refractivity contribution in [2.45, 2.75) is 19.8 Å². The molecule has 0 unspecified atom stereocenters. The molecule has 4 aromatic rings. The lowest BCUT2D eigenvalue weighted by Gasteiger charge is -2.08. The van der Waals surface area contributed by atoms with E-state index in [1.165, 1.54) is 0 Å². The van der Waals surface area contributed by atoms with Crippen molar-refractivity contribution >= 4 is 11.6 Å². The molecule has 1 N–H and O–H groups in total. The number of aromatic nitrogens is 3. The number of carbonyl (C=O) groups excluding carboxylic acids is 1. The molecule has 0 aliphatic rings. The van der Waals surface area contributed by atoms with Crippen LogP contribution in [0.3, 0.4) is 0 Å². The first-order valence-corrected chi connectivity index (χ1v) is 10.3. The Balaban J connectivity index is 1.54. The summed E-state index contributed by atoms with van der Waals surface area (Å²) in [4.78, 5) is 16.3. The van der Waals surface area contributed by atoms with Crippen LogP contribution in [0.4, 0.5) is 5.69 Å². The molecule has 2 heterocycles. The maximum absolute atomic E-state index is 11.8. The van der Waals surface area contributed by atoms with Crippen molar-refractivity contribution in [3.05, 3.63) is 72.5 Å². The van der Waals surface area contributed by atoms with Gasteiger partial charge in [-0.3, -0.25) is 4.79 Å². The fourth-order valence-corrected chi connectivity index (χ4v) is 3.12. The molecule has 0 fully saturated rings. The summed E-state index contributed by atoms with van der Waals surface area (Å²) in [5, 5.41) is 7.39. The maximum atomic E-state index is 11.8. The Labute approximate surface area is 185 Å². The van der Waals surface area contributed by atoms with Crippen molar-refractivity contribution in [1.29, 1.82) is 0 Å². The molecule has 1 amide bonds. The van der Waals surface area contributed by atoms with Gasteiger partial charge in [-0.05, 0) is 48.0 Å². The number of amides is 1. The standard InChI is InChI=1S/C24H24N4O4/c1-3-22(29)25-18-6-4-7-19(16-18)28-23(21-8-5-14-31-21)26-24(27-28)32-15-13-17-9-11-20(30-2)12-10-17/h4-12,14,16H,3,13,15H2,1-2H3,(H,25,29). The molecule has 0 saturated heterocycles. The van der Waals surface area contributed by atoms with E-state index in [0.717, 1.165) is 17.0 Å². The second-order valence-corrected chi connectivity index (χ2v) is 7.01. The number of ether oxygens (including phenoxy) is 2. The highest BCUT2D eigenvalue weighted by Crippen LogP contribution is 2.25. The fourth-order valence-electron chi connectivity index (χ4n) is 3.12. The van der Waals surface area contributed by atoms with Crippen LogP contribution in [0.1, 0.15) is 18.9 Å². The monoisotopic (exact) mass is 432 g/mol. The van der Waals surface area contributed by atoms with Gasteiger partial charge in [0.05, 0.1) is 25.7 Å². The van der Waals surface area contributed by atoms with Crippen molar-refractivity contribution in [1.82, 2.24) is 14.8 Å². The van der Waals surface area contributed by atoms with E-state index < -0.39 is 0 Å². The Kier molecular flexibility index (Phi) is 6.50. The number of hydrogen-bond acceptors (Lipinski definition) is 6. The Morgan fingerprint density at radius 2 is 1.97 bits per heavy atom. The minimum absolute atomic E-state index is 0.0606. The Hall–Kier alpha value is -4.07. The number of methoxy groups -OCH3 is 1. The summed E-state index contributed by atoms with van der Waals surface area (Å²) in [6.45, 7) is 2.22. The Bertz CT molecular complexity index is 1170. The number of carbonyl (C=O) groups is 1. The zero-order valence-electron chi connectivity index (χ0n) is 17.9. The average Bonchev–Trinajstić information content (AvgIpc) is 3.50. The van der Waals surface area contributed by atoms with Crippen LogP contribution in [0, 0.1) is 0 Å². The first-order valence-electron chi connectivity index (χ1n) is 10.3. The number of furan rings is 1. The third-order valence-electron chi connectivity index (χ3n) is 4.81. The number of nitrogens with zero attached hydrogens (tertiary/aromatic N) is 3. The topological polar surface area (TPSA) is 91.4 Å². The second kappa shape index (κ2) is 9.82. The molecule has 2 aromatic heterocycles. The highest BCUT2D eigenvalue weighted by Gasteiger charge is 2.17. The van der Waals surface area contributed by atoms with E-state index in [1.807, 2.05) is 54.6 Å². The fraction of sp³-hybridized carbons (Fsp3) is 0.208. The lowest BCUT2D eigenvalue weighted by atomic mass is 10.1. The smallest absolute Gasteiger partial charge is 0.336 e. The van der Waals surface area contributed by atoms with Crippen molar-refractivity contribution in [2.24, 2.45) is 0 Å². The van der Waals surface area contributed by atoms with Gasteiger partial charge in [0.2, 0.25) is 11.7 Å². The highest BCUT2D eigenvalue weighted by atomic mass is 16.5. The van der Waals surface area contributed by atoms with Crippen LogP contribution in [-0.4, -0.2) is 34.4 Å². The number of benzene rings is 2. The summed E-state index contributed by atoms with van der Waals surface area (Å²) in [6, 6.07) is 19.1. The molecule has 2 aromatic carbocycles. The normalized spacial score (nSPS) is 10.7. The molecule has 0 saturated carbocycles. The van der Waals surface area contributed by atoms with Gasteiger partial charge in [-0.1, -0.05) is 25.1 Å². The van der Waals surface area contributed by atoms with Crippen molar-refractivity contribution < 1.29 is 18.7 Å². The van der Waals surface area contributed by atoms with Gasteiger partial charge in [0, 0.05) is 18.5 Å². The molecule has 0 bridgehead atoms.